The van der Waals surface area contributed by atoms with E-state index >= 15 is 0 Å². The Hall–Kier alpha value is -1.83. The lowest BCUT2D eigenvalue weighted by Gasteiger charge is -2.26. The van der Waals surface area contributed by atoms with Gasteiger partial charge in [0.05, 0.1) is 19.3 Å². The zero-order valence-electron chi connectivity index (χ0n) is 14.0. The summed E-state index contributed by atoms with van der Waals surface area (Å²) in [6, 6.07) is 6.71. The number of nitrogens with zero attached hydrogens (tertiary/aromatic N) is 2. The molecule has 2 aliphatic rings. The van der Waals surface area contributed by atoms with Crippen molar-refractivity contribution in [1.29, 1.82) is 0 Å². The molecule has 0 aromatic heterocycles. The van der Waals surface area contributed by atoms with Gasteiger partial charge in [-0.1, -0.05) is 11.6 Å². The van der Waals surface area contributed by atoms with Crippen LogP contribution in [0.15, 0.2) is 24.3 Å². The van der Waals surface area contributed by atoms with Crippen LogP contribution in [0.4, 0.5) is 10.5 Å². The number of ether oxygens (including phenoxy) is 1. The van der Waals surface area contributed by atoms with E-state index in [1.165, 1.54) is 0 Å². The van der Waals surface area contributed by atoms with E-state index in [1.54, 1.807) is 17.0 Å². The van der Waals surface area contributed by atoms with E-state index in [1.807, 2.05) is 12.1 Å². The van der Waals surface area contributed by atoms with Crippen molar-refractivity contribution in [3.63, 3.8) is 0 Å². The first-order chi connectivity index (χ1) is 12.1. The lowest BCUT2D eigenvalue weighted by Crippen LogP contribution is -2.46. The SMILES string of the molecule is O=C(NCCN1CCOCC1)N[C@H]1CC(=O)N(c2ccc(Cl)cc2)C1. The first kappa shape index (κ1) is 18.0. The van der Waals surface area contributed by atoms with E-state index < -0.39 is 0 Å². The maximum absolute atomic E-state index is 12.2. The fraction of sp³-hybridized carbons (Fsp3) is 0.529. The molecule has 1 aromatic carbocycles. The van der Waals surface area contributed by atoms with Gasteiger partial charge < -0.3 is 20.3 Å². The Labute approximate surface area is 152 Å². The minimum Gasteiger partial charge on any atom is -0.379 e. The van der Waals surface area contributed by atoms with E-state index in [9.17, 15) is 9.59 Å². The molecule has 1 atom stereocenters. The molecule has 2 heterocycles. The van der Waals surface area contributed by atoms with Crippen molar-refractivity contribution in [2.75, 3.05) is 50.8 Å². The predicted molar refractivity (Wildman–Crippen MR) is 96.0 cm³/mol. The number of hydrogen-bond acceptors (Lipinski definition) is 4. The fourth-order valence-corrected chi connectivity index (χ4v) is 3.19. The molecule has 3 rings (SSSR count). The van der Waals surface area contributed by atoms with Crippen LogP contribution < -0.4 is 15.5 Å². The Morgan fingerprint density at radius 1 is 1.24 bits per heavy atom. The van der Waals surface area contributed by atoms with Crippen LogP contribution in [-0.2, 0) is 9.53 Å². The highest BCUT2D eigenvalue weighted by Gasteiger charge is 2.31. The van der Waals surface area contributed by atoms with Crippen LogP contribution in [0.2, 0.25) is 5.02 Å². The van der Waals surface area contributed by atoms with Gasteiger partial charge in [-0.05, 0) is 24.3 Å². The topological polar surface area (TPSA) is 73.9 Å². The molecule has 0 saturated carbocycles. The zero-order valence-corrected chi connectivity index (χ0v) is 14.8. The average Bonchev–Trinajstić information content (AvgIpc) is 2.96. The number of morpholine rings is 1. The van der Waals surface area contributed by atoms with Crippen LogP contribution in [0.5, 0.6) is 0 Å². The van der Waals surface area contributed by atoms with Gasteiger partial charge in [0.1, 0.15) is 0 Å². The summed E-state index contributed by atoms with van der Waals surface area (Å²) in [5, 5.41) is 6.36. The molecule has 25 heavy (non-hydrogen) atoms. The summed E-state index contributed by atoms with van der Waals surface area (Å²) in [7, 11) is 0. The van der Waals surface area contributed by atoms with Gasteiger partial charge in [-0.3, -0.25) is 9.69 Å². The minimum absolute atomic E-state index is 0.000870. The normalized spacial score (nSPS) is 21.4. The standard InChI is InChI=1S/C17H23ClN4O3/c18-13-1-3-15(4-2-13)22-12-14(11-16(22)23)20-17(24)19-5-6-21-7-9-25-10-8-21/h1-4,14H,5-12H2,(H2,19,20,24)/t14-/m0/s1. The summed E-state index contributed by atoms with van der Waals surface area (Å²) >= 11 is 5.88. The van der Waals surface area contributed by atoms with Crippen molar-refractivity contribution in [2.45, 2.75) is 12.5 Å². The molecule has 2 aliphatic heterocycles. The summed E-state index contributed by atoms with van der Waals surface area (Å²) < 4.78 is 5.29. The number of urea groups is 1. The van der Waals surface area contributed by atoms with Gasteiger partial charge >= 0.3 is 6.03 Å². The van der Waals surface area contributed by atoms with Gasteiger partial charge in [0.15, 0.2) is 0 Å². The second-order valence-electron chi connectivity index (χ2n) is 6.24. The lowest BCUT2D eigenvalue weighted by atomic mass is 10.2. The van der Waals surface area contributed by atoms with Crippen LogP contribution in [0.3, 0.4) is 0 Å². The third kappa shape index (κ3) is 5.07. The predicted octanol–water partition coefficient (Wildman–Crippen LogP) is 1.08. The second kappa shape index (κ2) is 8.51. The maximum atomic E-state index is 12.2. The van der Waals surface area contributed by atoms with Gasteiger partial charge in [-0.2, -0.15) is 0 Å². The highest BCUT2D eigenvalue weighted by atomic mass is 35.5. The van der Waals surface area contributed by atoms with Gasteiger partial charge in [-0.15, -0.1) is 0 Å². The number of hydrogen-bond donors (Lipinski definition) is 2. The quantitative estimate of drug-likeness (QED) is 0.817. The molecule has 1 aromatic rings. The van der Waals surface area contributed by atoms with Crippen molar-refractivity contribution in [1.82, 2.24) is 15.5 Å². The molecule has 7 nitrogen and oxygen atoms in total. The van der Waals surface area contributed by atoms with Crippen LogP contribution in [0, 0.1) is 0 Å². The molecule has 0 unspecified atom stereocenters. The zero-order chi connectivity index (χ0) is 17.6. The Balaban J connectivity index is 1.41. The number of carbonyl (C=O) groups is 2. The third-order valence-corrected chi connectivity index (χ3v) is 4.67. The van der Waals surface area contributed by atoms with Crippen molar-refractivity contribution in [2.24, 2.45) is 0 Å². The molecule has 0 spiro atoms. The second-order valence-corrected chi connectivity index (χ2v) is 6.67. The van der Waals surface area contributed by atoms with Crippen molar-refractivity contribution < 1.29 is 14.3 Å². The summed E-state index contributed by atoms with van der Waals surface area (Å²) in [5.74, 6) is 0.000870. The molecule has 2 fully saturated rings. The molecule has 2 saturated heterocycles. The van der Waals surface area contributed by atoms with Gasteiger partial charge in [0.25, 0.3) is 0 Å². The van der Waals surface area contributed by atoms with Crippen molar-refractivity contribution in [3.05, 3.63) is 29.3 Å². The van der Waals surface area contributed by atoms with E-state index in [2.05, 4.69) is 15.5 Å². The summed E-state index contributed by atoms with van der Waals surface area (Å²) in [6.45, 7) is 5.14. The fourth-order valence-electron chi connectivity index (χ4n) is 3.06. The number of halogens is 1. The third-order valence-electron chi connectivity index (χ3n) is 4.42. The Bertz CT molecular complexity index is 604. The molecule has 2 N–H and O–H groups in total. The smallest absolute Gasteiger partial charge is 0.315 e. The average molecular weight is 367 g/mol. The number of amides is 3. The van der Waals surface area contributed by atoms with E-state index in [0.717, 1.165) is 38.5 Å². The molecule has 0 radical (unpaired) electrons. The monoisotopic (exact) mass is 366 g/mol. The maximum Gasteiger partial charge on any atom is 0.315 e. The number of anilines is 1. The summed E-state index contributed by atoms with van der Waals surface area (Å²) in [5.41, 5.74) is 0.798. The van der Waals surface area contributed by atoms with Crippen molar-refractivity contribution in [3.8, 4) is 0 Å². The van der Waals surface area contributed by atoms with Crippen LogP contribution in [-0.4, -0.2) is 68.8 Å². The first-order valence-corrected chi connectivity index (χ1v) is 8.90. The Morgan fingerprint density at radius 2 is 1.96 bits per heavy atom. The minimum atomic E-state index is -0.232. The highest BCUT2D eigenvalue weighted by Crippen LogP contribution is 2.23. The van der Waals surface area contributed by atoms with Crippen LogP contribution in [0.1, 0.15) is 6.42 Å². The molecular formula is C17H23ClN4O3. The summed E-state index contributed by atoms with van der Waals surface area (Å²) in [4.78, 5) is 28.1. The first-order valence-electron chi connectivity index (χ1n) is 8.52. The van der Waals surface area contributed by atoms with E-state index in [4.69, 9.17) is 16.3 Å². The van der Waals surface area contributed by atoms with Gasteiger partial charge in [0, 0.05) is 49.9 Å². The van der Waals surface area contributed by atoms with Crippen LogP contribution >= 0.6 is 11.6 Å². The molecule has 0 aliphatic carbocycles. The molecule has 8 heteroatoms. The number of carbonyl (C=O) groups excluding carboxylic acids is 2. The lowest BCUT2D eigenvalue weighted by molar-refractivity contribution is -0.117. The largest absolute Gasteiger partial charge is 0.379 e. The number of rotatable bonds is 5. The number of nitrogens with one attached hydrogen (secondary N) is 2. The van der Waals surface area contributed by atoms with E-state index in [0.29, 0.717) is 24.5 Å². The Morgan fingerprint density at radius 3 is 2.68 bits per heavy atom. The molecule has 136 valence electrons. The van der Waals surface area contributed by atoms with Crippen LogP contribution in [0.25, 0.3) is 0 Å². The molecule has 3 amide bonds. The number of benzene rings is 1. The summed E-state index contributed by atoms with van der Waals surface area (Å²) in [6.07, 6.45) is 0.305. The van der Waals surface area contributed by atoms with Gasteiger partial charge in [-0.25, -0.2) is 4.79 Å². The Kier molecular flexibility index (Phi) is 6.12. The highest BCUT2D eigenvalue weighted by molar-refractivity contribution is 6.30. The van der Waals surface area contributed by atoms with Gasteiger partial charge in [0.2, 0.25) is 5.91 Å². The molecule has 0 bridgehead atoms. The molecular weight excluding hydrogens is 344 g/mol. The van der Waals surface area contributed by atoms with Crippen molar-refractivity contribution >= 4 is 29.2 Å². The van der Waals surface area contributed by atoms with E-state index in [-0.39, 0.29) is 18.0 Å².